The fourth-order valence-corrected chi connectivity index (χ4v) is 3.80. The van der Waals surface area contributed by atoms with Crippen molar-refractivity contribution in [2.24, 2.45) is 5.11 Å². The van der Waals surface area contributed by atoms with Crippen molar-refractivity contribution in [1.29, 1.82) is 0 Å². The van der Waals surface area contributed by atoms with Gasteiger partial charge in [-0.1, -0.05) is 102 Å². The lowest BCUT2D eigenvalue weighted by Gasteiger charge is -2.29. The van der Waals surface area contributed by atoms with E-state index in [0.29, 0.717) is 6.42 Å². The van der Waals surface area contributed by atoms with Crippen molar-refractivity contribution < 1.29 is 0 Å². The Hall–Kier alpha value is -3.33. The summed E-state index contributed by atoms with van der Waals surface area (Å²) in [5.74, 6) is 0. The highest BCUT2D eigenvalue weighted by Gasteiger charge is 2.22. The van der Waals surface area contributed by atoms with E-state index in [1.165, 1.54) is 11.1 Å². The van der Waals surface area contributed by atoms with E-state index < -0.39 is 0 Å². The third-order valence-corrected chi connectivity index (χ3v) is 5.15. The van der Waals surface area contributed by atoms with Gasteiger partial charge in [-0.3, -0.25) is 0 Å². The maximum atomic E-state index is 9.15. The number of rotatable bonds is 10. The molecule has 152 valence electrons. The molecule has 0 saturated heterocycles. The minimum Gasteiger partial charge on any atom is -0.303 e. The van der Waals surface area contributed by atoms with Crippen LogP contribution in [0.5, 0.6) is 0 Å². The average Bonchev–Trinajstić information content (AvgIpc) is 2.78. The van der Waals surface area contributed by atoms with Gasteiger partial charge in [0.1, 0.15) is 0 Å². The number of nitrogens with one attached hydrogen (secondary N) is 1. The quantitative estimate of drug-likeness (QED) is 0.168. The zero-order chi connectivity index (χ0) is 21.2. The zero-order valence-corrected chi connectivity index (χ0v) is 17.4. The highest BCUT2D eigenvalue weighted by atomic mass is 15.2. The van der Waals surface area contributed by atoms with Crippen LogP contribution in [0.3, 0.4) is 0 Å². The van der Waals surface area contributed by atoms with Crippen LogP contribution >= 0.6 is 0 Å². The normalized spacial score (nSPS) is 12.7. The summed E-state index contributed by atoms with van der Waals surface area (Å²) in [5, 5.41) is 7.94. The lowest BCUT2D eigenvalue weighted by Crippen LogP contribution is -2.35. The Kier molecular flexibility index (Phi) is 7.85. The van der Waals surface area contributed by atoms with Gasteiger partial charge >= 0.3 is 0 Å². The summed E-state index contributed by atoms with van der Waals surface area (Å²) in [7, 11) is 0. The third-order valence-electron chi connectivity index (χ3n) is 5.15. The third kappa shape index (κ3) is 6.08. The van der Waals surface area contributed by atoms with E-state index in [1.807, 2.05) is 49.4 Å². The Bertz CT molecular complexity index is 924. The highest BCUT2D eigenvalue weighted by Crippen LogP contribution is 2.29. The number of nitrogens with zero attached hydrogens (tertiary/aromatic N) is 3. The van der Waals surface area contributed by atoms with Gasteiger partial charge < -0.3 is 5.32 Å². The smallest absolute Gasteiger partial charge is 0.0640 e. The second kappa shape index (κ2) is 11.0. The first kappa shape index (κ1) is 21.4. The van der Waals surface area contributed by atoms with Crippen molar-refractivity contribution >= 4 is 0 Å². The van der Waals surface area contributed by atoms with Crippen LogP contribution in [0.2, 0.25) is 0 Å². The number of hydrogen-bond donors (Lipinski definition) is 1. The lowest BCUT2D eigenvalue weighted by atomic mass is 9.92. The van der Waals surface area contributed by atoms with Crippen LogP contribution in [0.15, 0.2) is 108 Å². The van der Waals surface area contributed by atoms with Gasteiger partial charge in [-0.25, -0.2) is 0 Å². The Morgan fingerprint density at radius 3 is 1.77 bits per heavy atom. The highest BCUT2D eigenvalue weighted by molar-refractivity contribution is 5.32. The second-order valence-electron chi connectivity index (χ2n) is 7.65. The fraction of sp³-hybridized carbons (Fsp3) is 0.231. The molecule has 0 amide bonds. The summed E-state index contributed by atoms with van der Waals surface area (Å²) in [6.07, 6.45) is 1.50. The topological polar surface area (TPSA) is 60.8 Å². The van der Waals surface area contributed by atoms with Crippen LogP contribution in [0.4, 0.5) is 0 Å². The van der Waals surface area contributed by atoms with E-state index in [4.69, 9.17) is 5.53 Å². The van der Waals surface area contributed by atoms with Gasteiger partial charge in [0.25, 0.3) is 0 Å². The van der Waals surface area contributed by atoms with Gasteiger partial charge in [-0.15, -0.1) is 6.58 Å². The molecule has 3 aromatic rings. The van der Waals surface area contributed by atoms with Crippen molar-refractivity contribution in [1.82, 2.24) is 5.32 Å². The second-order valence-corrected chi connectivity index (χ2v) is 7.65. The molecule has 0 radical (unpaired) electrons. The lowest BCUT2D eigenvalue weighted by molar-refractivity contribution is 0.411. The minimum absolute atomic E-state index is 0.0410. The van der Waals surface area contributed by atoms with Gasteiger partial charge in [0.15, 0.2) is 0 Å². The summed E-state index contributed by atoms with van der Waals surface area (Å²) >= 11 is 0. The molecule has 0 aliphatic carbocycles. The number of hydrogen-bond acceptors (Lipinski definition) is 2. The van der Waals surface area contributed by atoms with Crippen LogP contribution in [-0.4, -0.2) is 6.04 Å². The summed E-state index contributed by atoms with van der Waals surface area (Å²) in [5.41, 5.74) is 13.7. The molecule has 0 heterocycles. The summed E-state index contributed by atoms with van der Waals surface area (Å²) in [6, 6.07) is 30.8. The van der Waals surface area contributed by atoms with Crippen molar-refractivity contribution in [3.63, 3.8) is 0 Å². The molecule has 2 atom stereocenters. The molecule has 2 unspecified atom stereocenters. The van der Waals surface area contributed by atoms with Gasteiger partial charge in [0, 0.05) is 11.0 Å². The Labute approximate surface area is 178 Å². The van der Waals surface area contributed by atoms with Crippen LogP contribution < -0.4 is 5.32 Å². The molecule has 4 nitrogen and oxygen atoms in total. The summed E-state index contributed by atoms with van der Waals surface area (Å²) in [6.45, 7) is 6.17. The van der Waals surface area contributed by atoms with E-state index in [0.717, 1.165) is 17.6 Å². The summed E-state index contributed by atoms with van der Waals surface area (Å²) < 4.78 is 0. The molecule has 0 aliphatic rings. The van der Waals surface area contributed by atoms with E-state index in [2.05, 4.69) is 70.5 Å². The molecule has 0 saturated carbocycles. The Balaban J connectivity index is 1.91. The van der Waals surface area contributed by atoms with E-state index in [9.17, 15) is 0 Å². The van der Waals surface area contributed by atoms with Crippen molar-refractivity contribution in [2.45, 2.75) is 37.9 Å². The van der Waals surface area contributed by atoms with Gasteiger partial charge in [0.2, 0.25) is 0 Å². The largest absolute Gasteiger partial charge is 0.303 e. The minimum atomic E-state index is -0.236. The van der Waals surface area contributed by atoms with E-state index >= 15 is 0 Å². The molecule has 0 bridgehead atoms. The van der Waals surface area contributed by atoms with Crippen LogP contribution in [0, 0.1) is 0 Å². The van der Waals surface area contributed by atoms with Gasteiger partial charge in [0.05, 0.1) is 12.1 Å². The van der Waals surface area contributed by atoms with E-state index in [1.54, 1.807) is 0 Å². The monoisotopic (exact) mass is 396 g/mol. The number of azide groups is 1. The van der Waals surface area contributed by atoms with Crippen LogP contribution in [0.25, 0.3) is 10.4 Å². The Morgan fingerprint density at radius 1 is 0.867 bits per heavy atom. The molecular weight excluding hydrogens is 368 g/mol. The standard InChI is InChI=1S/C26H28N4/c1-20(2)18-24(19-25(29-30-27)21-12-6-3-7-13-21)28-26(22-14-8-4-9-15-22)23-16-10-5-11-17-23/h3-17,24-26,28H,1,18-19H2,2H3. The van der Waals surface area contributed by atoms with E-state index in [-0.39, 0.29) is 18.1 Å². The predicted octanol–water partition coefficient (Wildman–Crippen LogP) is 7.14. The first-order valence-electron chi connectivity index (χ1n) is 10.3. The molecule has 0 aromatic heterocycles. The van der Waals surface area contributed by atoms with Gasteiger partial charge in [-0.2, -0.15) is 0 Å². The predicted molar refractivity (Wildman–Crippen MR) is 124 cm³/mol. The molecular formula is C26H28N4. The van der Waals surface area contributed by atoms with Crippen molar-refractivity contribution in [2.75, 3.05) is 0 Å². The molecule has 3 rings (SSSR count). The van der Waals surface area contributed by atoms with Crippen LogP contribution in [0.1, 0.15) is 48.5 Å². The maximum absolute atomic E-state index is 9.15. The SMILES string of the molecule is C=C(C)CC(CC(N=[N+]=[N-])c1ccccc1)NC(c1ccccc1)c1ccccc1. The zero-order valence-electron chi connectivity index (χ0n) is 17.4. The average molecular weight is 397 g/mol. The molecule has 3 aromatic carbocycles. The molecule has 4 heteroatoms. The number of benzene rings is 3. The van der Waals surface area contributed by atoms with Gasteiger partial charge in [-0.05, 0) is 42.0 Å². The summed E-state index contributed by atoms with van der Waals surface area (Å²) in [4.78, 5) is 3.11. The van der Waals surface area contributed by atoms with Crippen molar-refractivity contribution in [3.8, 4) is 0 Å². The first-order chi connectivity index (χ1) is 14.7. The molecule has 1 N–H and O–H groups in total. The maximum Gasteiger partial charge on any atom is 0.0640 e. The fourth-order valence-electron chi connectivity index (χ4n) is 3.80. The molecule has 0 fully saturated rings. The first-order valence-corrected chi connectivity index (χ1v) is 10.3. The molecule has 30 heavy (non-hydrogen) atoms. The Morgan fingerprint density at radius 2 is 1.33 bits per heavy atom. The van der Waals surface area contributed by atoms with Crippen LogP contribution in [-0.2, 0) is 0 Å². The molecule has 0 aliphatic heterocycles. The van der Waals surface area contributed by atoms with Crippen molar-refractivity contribution in [3.05, 3.63) is 130 Å². The molecule has 0 spiro atoms.